The molecule has 110 valence electrons. The number of hydrogen-bond acceptors (Lipinski definition) is 5. The van der Waals surface area contributed by atoms with Crippen molar-refractivity contribution in [3.05, 3.63) is 53.7 Å². The monoisotopic (exact) mass is 287 g/mol. The minimum absolute atomic E-state index is 0.0416. The Bertz CT molecular complexity index is 617. The molecule has 0 amide bonds. The molecule has 4 N–H and O–H groups in total. The van der Waals surface area contributed by atoms with Crippen LogP contribution in [0.5, 0.6) is 0 Å². The van der Waals surface area contributed by atoms with Gasteiger partial charge in [-0.25, -0.2) is 9.78 Å². The molecule has 6 nitrogen and oxygen atoms in total. The minimum Gasteiger partial charge on any atom is -0.478 e. The number of aliphatic hydroxyl groups is 1. The lowest BCUT2D eigenvalue weighted by Gasteiger charge is -2.24. The molecule has 2 aromatic rings. The van der Waals surface area contributed by atoms with Gasteiger partial charge in [0.1, 0.15) is 0 Å². The van der Waals surface area contributed by atoms with Crippen molar-refractivity contribution in [1.29, 1.82) is 0 Å². The normalized spacial score (nSPS) is 10.3. The highest BCUT2D eigenvalue weighted by Gasteiger charge is 2.14. The Morgan fingerprint density at radius 2 is 2.00 bits per heavy atom. The lowest BCUT2D eigenvalue weighted by Crippen LogP contribution is -2.28. The standard InChI is InChI=1S/C15H17N3O3/c16-13-8-12(15(20)21)9-17-14(13)18(6-7-19)10-11-4-2-1-3-5-11/h1-5,8-9,19H,6-7,10,16H2,(H,20,21). The van der Waals surface area contributed by atoms with Gasteiger partial charge in [0.2, 0.25) is 0 Å². The van der Waals surface area contributed by atoms with Gasteiger partial charge >= 0.3 is 5.97 Å². The zero-order chi connectivity index (χ0) is 15.2. The number of carboxylic acids is 1. The van der Waals surface area contributed by atoms with Gasteiger partial charge in [0.25, 0.3) is 0 Å². The summed E-state index contributed by atoms with van der Waals surface area (Å²) in [6, 6.07) is 11.1. The summed E-state index contributed by atoms with van der Waals surface area (Å²) in [5.74, 6) is -0.601. The van der Waals surface area contributed by atoms with E-state index < -0.39 is 5.97 Å². The summed E-state index contributed by atoms with van der Waals surface area (Å²) in [6.07, 6.45) is 1.27. The average Bonchev–Trinajstić information content (AvgIpc) is 2.48. The number of nitrogen functional groups attached to an aromatic ring is 1. The topological polar surface area (TPSA) is 99.7 Å². The molecule has 0 unspecified atom stereocenters. The number of aliphatic hydroxyl groups excluding tert-OH is 1. The summed E-state index contributed by atoms with van der Waals surface area (Å²) in [5.41, 5.74) is 7.26. The highest BCUT2D eigenvalue weighted by atomic mass is 16.4. The van der Waals surface area contributed by atoms with E-state index >= 15 is 0 Å². The van der Waals surface area contributed by atoms with Gasteiger partial charge in [-0.1, -0.05) is 30.3 Å². The Kier molecular flexibility index (Phi) is 4.73. The molecule has 2 rings (SSSR count). The Hall–Kier alpha value is -2.60. The van der Waals surface area contributed by atoms with Crippen molar-refractivity contribution in [1.82, 2.24) is 4.98 Å². The molecule has 1 heterocycles. The Morgan fingerprint density at radius 3 is 2.57 bits per heavy atom. The largest absolute Gasteiger partial charge is 0.478 e. The maximum Gasteiger partial charge on any atom is 0.337 e. The van der Waals surface area contributed by atoms with E-state index in [1.54, 1.807) is 0 Å². The molecule has 0 fully saturated rings. The summed E-state index contributed by atoms with van der Waals surface area (Å²) < 4.78 is 0. The van der Waals surface area contributed by atoms with E-state index in [1.165, 1.54) is 12.3 Å². The number of nitrogens with zero attached hydrogens (tertiary/aromatic N) is 2. The van der Waals surface area contributed by atoms with Crippen molar-refractivity contribution in [3.63, 3.8) is 0 Å². The van der Waals surface area contributed by atoms with Crippen LogP contribution in [0.4, 0.5) is 11.5 Å². The van der Waals surface area contributed by atoms with Crippen LogP contribution in [-0.4, -0.2) is 34.3 Å². The van der Waals surface area contributed by atoms with Crippen LogP contribution in [0.25, 0.3) is 0 Å². The van der Waals surface area contributed by atoms with Crippen LogP contribution in [0, 0.1) is 0 Å². The van der Waals surface area contributed by atoms with Gasteiger partial charge in [-0.05, 0) is 11.6 Å². The van der Waals surface area contributed by atoms with Crippen LogP contribution in [0.3, 0.4) is 0 Å². The highest BCUT2D eigenvalue weighted by Crippen LogP contribution is 2.23. The van der Waals surface area contributed by atoms with Gasteiger partial charge in [0, 0.05) is 19.3 Å². The van der Waals surface area contributed by atoms with Crippen molar-refractivity contribution < 1.29 is 15.0 Å². The van der Waals surface area contributed by atoms with E-state index in [0.717, 1.165) is 5.56 Å². The van der Waals surface area contributed by atoms with Gasteiger partial charge in [-0.2, -0.15) is 0 Å². The number of aromatic nitrogens is 1. The maximum absolute atomic E-state index is 10.9. The fourth-order valence-corrected chi connectivity index (χ4v) is 2.04. The number of pyridine rings is 1. The van der Waals surface area contributed by atoms with Crippen molar-refractivity contribution in [2.75, 3.05) is 23.8 Å². The molecule has 1 aromatic carbocycles. The molecule has 0 atom stereocenters. The second-order valence-electron chi connectivity index (χ2n) is 4.57. The quantitative estimate of drug-likeness (QED) is 0.742. The fraction of sp³-hybridized carbons (Fsp3) is 0.200. The predicted octanol–water partition coefficient (Wildman–Crippen LogP) is 1.36. The molecule has 0 aliphatic rings. The first-order valence-corrected chi connectivity index (χ1v) is 6.50. The van der Waals surface area contributed by atoms with Crippen molar-refractivity contribution in [3.8, 4) is 0 Å². The molecule has 21 heavy (non-hydrogen) atoms. The summed E-state index contributed by atoms with van der Waals surface area (Å²) in [7, 11) is 0. The summed E-state index contributed by atoms with van der Waals surface area (Å²) in [6.45, 7) is 0.845. The number of rotatable bonds is 6. The van der Waals surface area contributed by atoms with E-state index in [4.69, 9.17) is 10.8 Å². The van der Waals surface area contributed by atoms with Crippen LogP contribution in [0.15, 0.2) is 42.6 Å². The lowest BCUT2D eigenvalue weighted by molar-refractivity contribution is 0.0696. The van der Waals surface area contributed by atoms with Crippen LogP contribution < -0.4 is 10.6 Å². The van der Waals surface area contributed by atoms with E-state index in [2.05, 4.69) is 4.98 Å². The molecule has 6 heteroatoms. The van der Waals surface area contributed by atoms with Crippen LogP contribution in [0.2, 0.25) is 0 Å². The molecular formula is C15H17N3O3. The first-order valence-electron chi connectivity index (χ1n) is 6.50. The highest BCUT2D eigenvalue weighted by molar-refractivity contribution is 5.89. The van der Waals surface area contributed by atoms with Crippen LogP contribution in [-0.2, 0) is 6.54 Å². The third kappa shape index (κ3) is 3.70. The zero-order valence-corrected chi connectivity index (χ0v) is 11.4. The molecule has 0 bridgehead atoms. The molecule has 0 spiro atoms. The SMILES string of the molecule is Nc1cc(C(=O)O)cnc1N(CCO)Cc1ccccc1. The van der Waals surface area contributed by atoms with Gasteiger partial charge < -0.3 is 20.8 Å². The minimum atomic E-state index is -1.07. The number of carboxylic acid groups (broad SMARTS) is 1. The number of benzene rings is 1. The summed E-state index contributed by atoms with van der Waals surface area (Å²) in [5, 5.41) is 18.1. The first-order chi connectivity index (χ1) is 10.1. The third-order valence-corrected chi connectivity index (χ3v) is 3.03. The van der Waals surface area contributed by atoms with Crippen molar-refractivity contribution in [2.24, 2.45) is 0 Å². The van der Waals surface area contributed by atoms with E-state index in [1.807, 2.05) is 35.2 Å². The van der Waals surface area contributed by atoms with Gasteiger partial charge in [0.05, 0.1) is 17.9 Å². The van der Waals surface area contributed by atoms with Crippen molar-refractivity contribution >= 4 is 17.5 Å². The molecule has 0 saturated heterocycles. The van der Waals surface area contributed by atoms with Gasteiger partial charge in [0.15, 0.2) is 5.82 Å². The number of nitrogens with two attached hydrogens (primary N) is 1. The lowest BCUT2D eigenvalue weighted by atomic mass is 10.2. The summed E-state index contributed by atoms with van der Waals surface area (Å²) >= 11 is 0. The molecule has 0 radical (unpaired) electrons. The molecule has 1 aromatic heterocycles. The second kappa shape index (κ2) is 6.71. The third-order valence-electron chi connectivity index (χ3n) is 3.03. The Labute approximate surface area is 122 Å². The number of aromatic carboxylic acids is 1. The molecular weight excluding hydrogens is 270 g/mol. The van der Waals surface area contributed by atoms with Gasteiger partial charge in [-0.15, -0.1) is 0 Å². The average molecular weight is 287 g/mol. The van der Waals surface area contributed by atoms with Gasteiger partial charge in [-0.3, -0.25) is 0 Å². The zero-order valence-electron chi connectivity index (χ0n) is 11.4. The molecule has 0 aliphatic heterocycles. The number of hydrogen-bond donors (Lipinski definition) is 3. The first kappa shape index (κ1) is 14.8. The molecule has 0 saturated carbocycles. The maximum atomic E-state index is 10.9. The van der Waals surface area contributed by atoms with E-state index in [0.29, 0.717) is 18.9 Å². The van der Waals surface area contributed by atoms with Crippen LogP contribution in [0.1, 0.15) is 15.9 Å². The van der Waals surface area contributed by atoms with E-state index in [9.17, 15) is 9.90 Å². The Morgan fingerprint density at radius 1 is 1.29 bits per heavy atom. The number of carbonyl (C=O) groups is 1. The van der Waals surface area contributed by atoms with Crippen LogP contribution >= 0.6 is 0 Å². The smallest absolute Gasteiger partial charge is 0.337 e. The molecule has 0 aliphatic carbocycles. The predicted molar refractivity (Wildman–Crippen MR) is 80.2 cm³/mol. The van der Waals surface area contributed by atoms with E-state index in [-0.39, 0.29) is 17.9 Å². The second-order valence-corrected chi connectivity index (χ2v) is 4.57. The summed E-state index contributed by atoms with van der Waals surface area (Å²) in [4.78, 5) is 16.8. The number of anilines is 2. The fourth-order valence-electron chi connectivity index (χ4n) is 2.04. The van der Waals surface area contributed by atoms with Crippen molar-refractivity contribution in [2.45, 2.75) is 6.54 Å². The Balaban J connectivity index is 2.27.